The first-order chi connectivity index (χ1) is 6.52. The fourth-order valence-corrected chi connectivity index (χ4v) is 1.42. The summed E-state index contributed by atoms with van der Waals surface area (Å²) in [6.45, 7) is 8.19. The van der Waals surface area contributed by atoms with Crippen LogP contribution in [0.1, 0.15) is 34.1 Å². The summed E-state index contributed by atoms with van der Waals surface area (Å²) in [6.07, 6.45) is 0.582. The molecular weight excluding hydrogens is 199 g/mol. The molecule has 0 aliphatic rings. The van der Waals surface area contributed by atoms with E-state index in [1.807, 2.05) is 27.7 Å². The van der Waals surface area contributed by atoms with Gasteiger partial charge in [0.2, 0.25) is 0 Å². The maximum Gasteiger partial charge on any atom is 0.275 e. The molecule has 0 saturated heterocycles. The van der Waals surface area contributed by atoms with Crippen molar-refractivity contribution in [2.75, 3.05) is 6.61 Å². The van der Waals surface area contributed by atoms with E-state index in [0.29, 0.717) is 13.0 Å². The van der Waals surface area contributed by atoms with Crippen LogP contribution in [0.2, 0.25) is 0 Å². The molecule has 14 heavy (non-hydrogen) atoms. The Labute approximate surface area is 87.4 Å². The molecule has 0 aromatic carbocycles. The quantitative estimate of drug-likeness (QED) is 0.564. The molecule has 0 aromatic heterocycles. The van der Waals surface area contributed by atoms with Gasteiger partial charge >= 0.3 is 0 Å². The van der Waals surface area contributed by atoms with E-state index in [0.717, 1.165) is 0 Å². The predicted octanol–water partition coefficient (Wildman–Crippen LogP) is 1.72. The highest BCUT2D eigenvalue weighted by Crippen LogP contribution is 2.20. The average molecular weight is 218 g/mol. The van der Waals surface area contributed by atoms with Crippen LogP contribution < -0.4 is 9.98 Å². The van der Waals surface area contributed by atoms with E-state index in [-0.39, 0.29) is 12.1 Å². The molecule has 0 aliphatic carbocycles. The molecule has 0 spiro atoms. The first-order valence-electron chi connectivity index (χ1n) is 4.81. The Morgan fingerprint density at radius 3 is 2.57 bits per heavy atom. The Morgan fingerprint density at radius 2 is 2.07 bits per heavy atom. The first kappa shape index (κ1) is 13.8. The van der Waals surface area contributed by atoms with E-state index in [1.54, 1.807) is 0 Å². The van der Waals surface area contributed by atoms with Crippen LogP contribution in [0.4, 0.5) is 0 Å². The molecule has 0 aliphatic heterocycles. The Balaban J connectivity index is 3.41. The summed E-state index contributed by atoms with van der Waals surface area (Å²) >= 11 is 0. The molecule has 0 aromatic rings. The SMILES string of the molecule is CC(C)[N+]#CCCOP([O-])NC(C)C. The minimum atomic E-state index is -1.73. The summed E-state index contributed by atoms with van der Waals surface area (Å²) < 4.78 is 5.01. The van der Waals surface area contributed by atoms with Crippen LogP contribution >= 0.6 is 8.53 Å². The standard InChI is InChI=1S/C9H19N2O2P/c1-8(2)10-6-5-7-13-14(12)11-9(3)4/h8-9,11H,5,7H2,1-4H3. The topological polar surface area (TPSA) is 48.7 Å². The molecule has 1 N–H and O–H groups in total. The zero-order chi connectivity index (χ0) is 11.0. The van der Waals surface area contributed by atoms with Gasteiger partial charge in [-0.05, 0) is 13.8 Å². The summed E-state index contributed by atoms with van der Waals surface area (Å²) in [5, 5.41) is 2.77. The van der Waals surface area contributed by atoms with Crippen molar-refractivity contribution < 1.29 is 9.42 Å². The lowest BCUT2D eigenvalue weighted by atomic mass is 10.4. The number of hydrogen-bond donors (Lipinski definition) is 1. The minimum absolute atomic E-state index is 0.173. The van der Waals surface area contributed by atoms with Crippen molar-refractivity contribution in [3.63, 3.8) is 0 Å². The Morgan fingerprint density at radius 1 is 1.43 bits per heavy atom. The summed E-state index contributed by atoms with van der Waals surface area (Å²) in [5.74, 6) is 0. The van der Waals surface area contributed by atoms with Gasteiger partial charge in [0.1, 0.15) is 6.42 Å². The number of rotatable bonds is 5. The fraction of sp³-hybridized carbons (Fsp3) is 0.889. The number of nitrogens with zero attached hydrogens (tertiary/aromatic N) is 1. The fourth-order valence-electron chi connectivity index (χ4n) is 0.669. The lowest BCUT2D eigenvalue weighted by molar-refractivity contribution is -0.184. The maximum absolute atomic E-state index is 11.1. The smallest absolute Gasteiger partial charge is 0.275 e. The van der Waals surface area contributed by atoms with Crippen LogP contribution in [0, 0.1) is 6.07 Å². The summed E-state index contributed by atoms with van der Waals surface area (Å²) in [6, 6.07) is 3.27. The third kappa shape index (κ3) is 9.88. The second-order valence-electron chi connectivity index (χ2n) is 3.51. The minimum Gasteiger partial charge on any atom is -0.796 e. The molecule has 4 nitrogen and oxygen atoms in total. The number of hydrogen-bond acceptors (Lipinski definition) is 3. The van der Waals surface area contributed by atoms with E-state index in [4.69, 9.17) is 4.52 Å². The lowest BCUT2D eigenvalue weighted by Gasteiger charge is -2.25. The lowest BCUT2D eigenvalue weighted by Crippen LogP contribution is -2.23. The average Bonchev–Trinajstić information content (AvgIpc) is 2.01. The van der Waals surface area contributed by atoms with Gasteiger partial charge in [0, 0.05) is 28.4 Å². The molecule has 0 radical (unpaired) electrons. The van der Waals surface area contributed by atoms with Gasteiger partial charge in [0.05, 0.1) is 6.61 Å². The Kier molecular flexibility index (Phi) is 8.02. The van der Waals surface area contributed by atoms with Crippen molar-refractivity contribution >= 4 is 8.53 Å². The van der Waals surface area contributed by atoms with Crippen molar-refractivity contribution in [1.29, 1.82) is 0 Å². The van der Waals surface area contributed by atoms with Gasteiger partial charge in [-0.2, -0.15) is 0 Å². The van der Waals surface area contributed by atoms with Gasteiger partial charge in [-0.15, -0.1) is 0 Å². The second-order valence-corrected chi connectivity index (χ2v) is 4.54. The van der Waals surface area contributed by atoms with Gasteiger partial charge in [0.15, 0.2) is 0 Å². The zero-order valence-corrected chi connectivity index (χ0v) is 10.2. The third-order valence-corrected chi connectivity index (χ3v) is 2.28. The monoisotopic (exact) mass is 218 g/mol. The molecule has 0 fully saturated rings. The van der Waals surface area contributed by atoms with Gasteiger partial charge in [0.25, 0.3) is 12.1 Å². The zero-order valence-electron chi connectivity index (χ0n) is 9.28. The molecule has 5 heteroatoms. The van der Waals surface area contributed by atoms with E-state index in [1.165, 1.54) is 0 Å². The molecule has 1 atom stereocenters. The highest BCUT2D eigenvalue weighted by Gasteiger charge is 1.99. The molecule has 0 amide bonds. The first-order valence-corrected chi connectivity index (χ1v) is 5.99. The van der Waals surface area contributed by atoms with Gasteiger partial charge in [-0.3, -0.25) is 5.09 Å². The largest absolute Gasteiger partial charge is 0.796 e. The molecule has 0 heterocycles. The van der Waals surface area contributed by atoms with Gasteiger partial charge < -0.3 is 9.42 Å². The molecular formula is C9H19N2O2P. The van der Waals surface area contributed by atoms with E-state index in [2.05, 4.69) is 16.0 Å². The van der Waals surface area contributed by atoms with E-state index in [9.17, 15) is 4.89 Å². The van der Waals surface area contributed by atoms with Crippen molar-refractivity contribution in [2.24, 2.45) is 0 Å². The van der Waals surface area contributed by atoms with E-state index >= 15 is 0 Å². The highest BCUT2D eigenvalue weighted by atomic mass is 31.2. The predicted molar refractivity (Wildman–Crippen MR) is 58.1 cm³/mol. The van der Waals surface area contributed by atoms with Crippen LogP contribution in [-0.4, -0.2) is 18.7 Å². The third-order valence-electron chi connectivity index (χ3n) is 1.14. The summed E-state index contributed by atoms with van der Waals surface area (Å²) in [5.41, 5.74) is 0. The van der Waals surface area contributed by atoms with Crippen molar-refractivity contribution in [2.45, 2.75) is 46.2 Å². The highest BCUT2D eigenvalue weighted by molar-refractivity contribution is 7.42. The summed E-state index contributed by atoms with van der Waals surface area (Å²) in [4.78, 5) is 15.1. The van der Waals surface area contributed by atoms with Crippen molar-refractivity contribution in [3.8, 4) is 6.07 Å². The van der Waals surface area contributed by atoms with Crippen molar-refractivity contribution in [3.05, 3.63) is 4.85 Å². The molecule has 0 saturated carbocycles. The normalized spacial score (nSPS) is 12.8. The van der Waals surface area contributed by atoms with Crippen LogP contribution in [0.3, 0.4) is 0 Å². The maximum atomic E-state index is 11.1. The Bertz CT molecular complexity index is 199. The second kappa shape index (κ2) is 8.14. The van der Waals surface area contributed by atoms with Crippen LogP contribution in [0.25, 0.3) is 4.85 Å². The van der Waals surface area contributed by atoms with Crippen LogP contribution in [0.15, 0.2) is 0 Å². The van der Waals surface area contributed by atoms with E-state index < -0.39 is 8.53 Å². The molecule has 1 unspecified atom stereocenters. The van der Waals surface area contributed by atoms with Gasteiger partial charge in [-0.25, -0.2) is 0 Å². The number of nitrogens with one attached hydrogen (secondary N) is 1. The molecule has 0 bridgehead atoms. The molecule has 82 valence electrons. The van der Waals surface area contributed by atoms with Gasteiger partial charge in [-0.1, -0.05) is 4.85 Å². The van der Waals surface area contributed by atoms with Crippen LogP contribution in [0.5, 0.6) is 0 Å². The Hall–Kier alpha value is -0.200. The van der Waals surface area contributed by atoms with Crippen molar-refractivity contribution in [1.82, 2.24) is 5.09 Å². The molecule has 0 rings (SSSR count). The van der Waals surface area contributed by atoms with Crippen LogP contribution in [-0.2, 0) is 4.52 Å². The summed E-state index contributed by atoms with van der Waals surface area (Å²) in [7, 11) is -1.73.